The Hall–Kier alpha value is -3.07. The zero-order chi connectivity index (χ0) is 15.8. The molecule has 112 valence electrons. The normalized spacial score (nSPS) is 9.77. The summed E-state index contributed by atoms with van der Waals surface area (Å²) in [5.74, 6) is 2.58. The lowest BCUT2D eigenvalue weighted by molar-refractivity contribution is 0.155. The van der Waals surface area contributed by atoms with E-state index in [1.54, 1.807) is 0 Å². The average Bonchev–Trinajstić information content (AvgIpc) is 2.53. The maximum Gasteiger partial charge on any atom is 0.413 e. The monoisotopic (exact) mass is 297 g/mol. The number of aryl methyl sites for hydroxylation is 1. The molecule has 0 bridgehead atoms. The molecule has 0 unspecified atom stereocenters. The van der Waals surface area contributed by atoms with Gasteiger partial charge >= 0.3 is 11.8 Å². The lowest BCUT2D eigenvalue weighted by Crippen LogP contribution is -2.25. The Balaban J connectivity index is 1.90. The van der Waals surface area contributed by atoms with E-state index < -0.39 is 11.8 Å². The second-order valence-corrected chi connectivity index (χ2v) is 4.43. The smallest absolute Gasteiger partial charge is 0.413 e. The van der Waals surface area contributed by atoms with Crippen LogP contribution < -0.4 is 11.0 Å². The third-order valence-corrected chi connectivity index (χ3v) is 2.81. The van der Waals surface area contributed by atoms with Gasteiger partial charge in [0.2, 0.25) is 0 Å². The highest BCUT2D eigenvalue weighted by atomic mass is 16.5. The number of aromatic nitrogens is 2. The summed E-state index contributed by atoms with van der Waals surface area (Å²) in [4.78, 5) is 27.1. The molecule has 2 rings (SSSR count). The molecular weight excluding hydrogens is 282 g/mol. The first-order chi connectivity index (χ1) is 10.7. The van der Waals surface area contributed by atoms with Gasteiger partial charge in [-0.1, -0.05) is 30.3 Å². The number of nitrogens with zero attached hydrogens (tertiary/aromatic N) is 2. The van der Waals surface area contributed by atoms with Gasteiger partial charge in [0.1, 0.15) is 12.4 Å². The van der Waals surface area contributed by atoms with Crippen molar-refractivity contribution in [2.24, 2.45) is 0 Å². The molecule has 0 fully saturated rings. The minimum atomic E-state index is -0.669. The first kappa shape index (κ1) is 15.3. The lowest BCUT2D eigenvalue weighted by atomic mass is 10.2. The van der Waals surface area contributed by atoms with Gasteiger partial charge in [0.25, 0.3) is 0 Å². The van der Waals surface area contributed by atoms with Gasteiger partial charge in [0.15, 0.2) is 0 Å². The van der Waals surface area contributed by atoms with Gasteiger partial charge in [0.05, 0.1) is 0 Å². The number of carbonyl (C=O) groups excluding carboxylic acids is 1. The molecule has 6 heteroatoms. The van der Waals surface area contributed by atoms with E-state index >= 15 is 0 Å². The first-order valence-electron chi connectivity index (χ1n) is 6.67. The number of carbonyl (C=O) groups is 1. The molecule has 1 aromatic carbocycles. The number of terminal acetylenes is 1. The Labute approximate surface area is 127 Å². The van der Waals surface area contributed by atoms with Crippen LogP contribution in [0.3, 0.4) is 0 Å². The second-order valence-electron chi connectivity index (χ2n) is 4.43. The van der Waals surface area contributed by atoms with Crippen molar-refractivity contribution in [3.63, 3.8) is 0 Å². The van der Waals surface area contributed by atoms with Crippen LogP contribution in [0, 0.1) is 12.3 Å². The van der Waals surface area contributed by atoms with Gasteiger partial charge in [0, 0.05) is 19.2 Å². The minimum absolute atomic E-state index is 0.139. The average molecular weight is 297 g/mol. The van der Waals surface area contributed by atoms with E-state index in [0.717, 1.165) is 5.56 Å². The molecule has 22 heavy (non-hydrogen) atoms. The van der Waals surface area contributed by atoms with E-state index in [-0.39, 0.29) is 12.4 Å². The van der Waals surface area contributed by atoms with E-state index in [1.165, 1.54) is 16.8 Å². The van der Waals surface area contributed by atoms with Crippen LogP contribution >= 0.6 is 0 Å². The molecule has 0 saturated heterocycles. The number of hydrogen-bond acceptors (Lipinski definition) is 4. The third-order valence-electron chi connectivity index (χ3n) is 2.81. The Kier molecular flexibility index (Phi) is 5.32. The van der Waals surface area contributed by atoms with Crippen LogP contribution in [0.2, 0.25) is 0 Å². The summed E-state index contributed by atoms with van der Waals surface area (Å²) in [5, 5.41) is 2.41. The van der Waals surface area contributed by atoms with Gasteiger partial charge in [-0.3, -0.25) is 9.88 Å². The van der Waals surface area contributed by atoms with Crippen molar-refractivity contribution >= 4 is 11.9 Å². The third kappa shape index (κ3) is 4.49. The van der Waals surface area contributed by atoms with E-state index in [9.17, 15) is 9.59 Å². The molecule has 0 saturated carbocycles. The molecule has 0 radical (unpaired) electrons. The minimum Gasteiger partial charge on any atom is -0.444 e. The van der Waals surface area contributed by atoms with Gasteiger partial charge in [-0.15, -0.1) is 12.3 Å². The van der Waals surface area contributed by atoms with Crippen molar-refractivity contribution < 1.29 is 9.53 Å². The van der Waals surface area contributed by atoms with Crippen LogP contribution in [-0.2, 0) is 17.9 Å². The highest BCUT2D eigenvalue weighted by molar-refractivity contribution is 5.83. The summed E-state index contributed by atoms with van der Waals surface area (Å²) in [6.07, 6.45) is 6.44. The van der Waals surface area contributed by atoms with Crippen molar-refractivity contribution in [1.29, 1.82) is 0 Å². The quantitative estimate of drug-likeness (QED) is 0.857. The fraction of sp³-hybridized carbons (Fsp3) is 0.188. The Morgan fingerprint density at radius 3 is 2.77 bits per heavy atom. The Morgan fingerprint density at radius 2 is 2.09 bits per heavy atom. The Morgan fingerprint density at radius 1 is 1.32 bits per heavy atom. The maximum absolute atomic E-state index is 11.7. The number of benzene rings is 1. The molecule has 1 aromatic heterocycles. The predicted molar refractivity (Wildman–Crippen MR) is 82.2 cm³/mol. The lowest BCUT2D eigenvalue weighted by Gasteiger charge is -2.07. The topological polar surface area (TPSA) is 73.2 Å². The number of nitrogens with one attached hydrogen (secondary N) is 1. The molecule has 6 nitrogen and oxygen atoms in total. The molecule has 2 aromatic rings. The van der Waals surface area contributed by atoms with Crippen LogP contribution in [0.5, 0.6) is 0 Å². The molecule has 0 atom stereocenters. The maximum atomic E-state index is 11.7. The van der Waals surface area contributed by atoms with Crippen LogP contribution in [0.15, 0.2) is 47.4 Å². The fourth-order valence-corrected chi connectivity index (χ4v) is 1.72. The number of rotatable bonds is 5. The molecule has 0 spiro atoms. The largest absolute Gasteiger partial charge is 0.444 e. The summed E-state index contributed by atoms with van der Waals surface area (Å²) >= 11 is 0. The summed E-state index contributed by atoms with van der Waals surface area (Å²) < 4.78 is 6.42. The fourth-order valence-electron chi connectivity index (χ4n) is 1.72. The van der Waals surface area contributed by atoms with Crippen LogP contribution in [-0.4, -0.2) is 15.6 Å². The second kappa shape index (κ2) is 7.64. The number of amides is 1. The summed E-state index contributed by atoms with van der Waals surface area (Å²) in [5.41, 5.74) is 0.395. The zero-order valence-corrected chi connectivity index (χ0v) is 11.9. The number of ether oxygens (including phenoxy) is 1. The number of anilines is 1. The van der Waals surface area contributed by atoms with Crippen molar-refractivity contribution in [3.05, 3.63) is 58.6 Å². The van der Waals surface area contributed by atoms with Crippen LogP contribution in [0.25, 0.3) is 0 Å². The van der Waals surface area contributed by atoms with Crippen molar-refractivity contribution in [2.75, 3.05) is 5.32 Å². The SMILES string of the molecule is C#CCCn1ccc(NC(=O)OCc2ccccc2)nc1=O. The zero-order valence-electron chi connectivity index (χ0n) is 11.9. The highest BCUT2D eigenvalue weighted by Crippen LogP contribution is 2.03. The first-order valence-corrected chi connectivity index (χ1v) is 6.67. The molecule has 0 aliphatic rings. The summed E-state index contributed by atoms with van der Waals surface area (Å²) in [7, 11) is 0. The van der Waals surface area contributed by atoms with Crippen LogP contribution in [0.4, 0.5) is 10.6 Å². The molecule has 1 amide bonds. The molecule has 0 aliphatic heterocycles. The standard InChI is InChI=1S/C16H15N3O3/c1-2-3-10-19-11-9-14(17-15(19)20)18-16(21)22-12-13-7-5-4-6-8-13/h1,4-9,11H,3,10,12H2,(H,17,18,20,21). The van der Waals surface area contributed by atoms with E-state index in [0.29, 0.717) is 13.0 Å². The predicted octanol–water partition coefficient (Wildman–Crippen LogP) is 2.02. The van der Waals surface area contributed by atoms with Crippen molar-refractivity contribution in [1.82, 2.24) is 9.55 Å². The molecule has 0 aliphatic carbocycles. The number of hydrogen-bond donors (Lipinski definition) is 1. The van der Waals surface area contributed by atoms with Gasteiger partial charge in [-0.2, -0.15) is 4.98 Å². The van der Waals surface area contributed by atoms with Crippen molar-refractivity contribution in [2.45, 2.75) is 19.6 Å². The molecule has 1 heterocycles. The van der Waals surface area contributed by atoms with Gasteiger partial charge in [-0.25, -0.2) is 9.59 Å². The van der Waals surface area contributed by atoms with E-state index in [4.69, 9.17) is 11.2 Å². The molecular formula is C16H15N3O3. The van der Waals surface area contributed by atoms with Crippen molar-refractivity contribution in [3.8, 4) is 12.3 Å². The van der Waals surface area contributed by atoms with Gasteiger partial charge in [-0.05, 0) is 11.6 Å². The van der Waals surface area contributed by atoms with E-state index in [1.807, 2.05) is 30.3 Å². The van der Waals surface area contributed by atoms with E-state index in [2.05, 4.69) is 16.2 Å². The highest BCUT2D eigenvalue weighted by Gasteiger charge is 2.06. The molecule has 1 N–H and O–H groups in total. The summed E-state index contributed by atoms with van der Waals surface area (Å²) in [6.45, 7) is 0.535. The van der Waals surface area contributed by atoms with Gasteiger partial charge < -0.3 is 4.74 Å². The van der Waals surface area contributed by atoms with Crippen LogP contribution in [0.1, 0.15) is 12.0 Å². The Bertz CT molecular complexity index is 732. The summed E-state index contributed by atoms with van der Waals surface area (Å²) in [6, 6.07) is 10.8.